The van der Waals surface area contributed by atoms with Crippen LogP contribution in [0.25, 0.3) is 0 Å². The Kier molecular flexibility index (Phi) is 6.04. The van der Waals surface area contributed by atoms with Crippen LogP contribution in [0.1, 0.15) is 50.5 Å². The highest BCUT2D eigenvalue weighted by Gasteiger charge is 2.36. The molecule has 0 N–H and O–H groups in total. The average Bonchev–Trinajstić information content (AvgIpc) is 2.97. The van der Waals surface area contributed by atoms with E-state index in [4.69, 9.17) is 4.74 Å². The Morgan fingerprint density at radius 1 is 1.00 bits per heavy atom. The molecule has 158 valence electrons. The first kappa shape index (κ1) is 21.7. The minimum absolute atomic E-state index is 0.0152. The average molecular weight is 430 g/mol. The summed E-state index contributed by atoms with van der Waals surface area (Å²) >= 11 is 0. The first-order valence-electron chi connectivity index (χ1n) is 9.45. The lowest BCUT2D eigenvalue weighted by molar-refractivity contribution is 0.0228. The van der Waals surface area contributed by atoms with E-state index >= 15 is 0 Å². The third-order valence-electron chi connectivity index (χ3n) is 4.95. The maximum atomic E-state index is 12.8. The molecule has 0 spiro atoms. The number of aryl methyl sites for hydroxylation is 1. The van der Waals surface area contributed by atoms with Crippen molar-refractivity contribution >= 4 is 27.8 Å². The summed E-state index contributed by atoms with van der Waals surface area (Å²) in [6.07, 6.45) is 0. The number of benzene rings is 2. The second-order valence-electron chi connectivity index (χ2n) is 6.71. The Labute approximate surface area is 175 Å². The van der Waals surface area contributed by atoms with E-state index in [1.165, 1.54) is 34.6 Å². The van der Waals surface area contributed by atoms with E-state index in [1.54, 1.807) is 32.9 Å². The number of fused-ring (bicyclic) bond motifs is 1. The lowest BCUT2D eigenvalue weighted by Gasteiger charge is -2.20. The quantitative estimate of drug-likeness (QED) is 0.494. The molecule has 0 saturated heterocycles. The lowest BCUT2D eigenvalue weighted by Crippen LogP contribution is -2.33. The predicted octanol–water partition coefficient (Wildman–Crippen LogP) is 2.44. The number of nitrogens with zero attached hydrogens (tertiary/aromatic N) is 2. The van der Waals surface area contributed by atoms with E-state index in [2.05, 4.69) is 0 Å². The minimum Gasteiger partial charge on any atom is -0.440 e. The van der Waals surface area contributed by atoms with Crippen molar-refractivity contribution in [2.75, 3.05) is 19.8 Å². The molecule has 2 amide bonds. The fourth-order valence-electron chi connectivity index (χ4n) is 3.27. The van der Waals surface area contributed by atoms with Crippen LogP contribution in [0.3, 0.4) is 0 Å². The molecule has 0 fully saturated rings. The van der Waals surface area contributed by atoms with Gasteiger partial charge in [0.1, 0.15) is 0 Å². The number of carbonyl (C=O) groups is 3. The fourth-order valence-corrected chi connectivity index (χ4v) is 4.98. The van der Waals surface area contributed by atoms with E-state index in [9.17, 15) is 22.8 Å². The molecular formula is C21H22N2O6S. The fraction of sp³-hybridized carbons (Fsp3) is 0.286. The van der Waals surface area contributed by atoms with Crippen molar-refractivity contribution in [1.82, 2.24) is 9.21 Å². The van der Waals surface area contributed by atoms with Crippen molar-refractivity contribution in [2.45, 2.75) is 25.7 Å². The number of imide groups is 1. The van der Waals surface area contributed by atoms with Crippen molar-refractivity contribution in [3.8, 4) is 0 Å². The summed E-state index contributed by atoms with van der Waals surface area (Å²) in [7, 11) is -3.77. The van der Waals surface area contributed by atoms with Crippen molar-refractivity contribution < 1.29 is 27.5 Å². The number of hydrogen-bond donors (Lipinski definition) is 0. The minimum atomic E-state index is -3.77. The van der Waals surface area contributed by atoms with Crippen LogP contribution in [-0.2, 0) is 14.8 Å². The SMILES string of the molecule is CCN(CC)S(=O)(=O)c1cc(C(=O)OCN2C(=O)c3ccccc3C2=O)ccc1C. The molecule has 0 bridgehead atoms. The molecule has 0 unspecified atom stereocenters. The molecule has 2 aromatic carbocycles. The maximum absolute atomic E-state index is 12.8. The number of sulfonamides is 1. The molecule has 0 atom stereocenters. The lowest BCUT2D eigenvalue weighted by atomic mass is 10.1. The van der Waals surface area contributed by atoms with Crippen molar-refractivity contribution in [3.63, 3.8) is 0 Å². The number of rotatable bonds is 7. The van der Waals surface area contributed by atoms with Gasteiger partial charge >= 0.3 is 5.97 Å². The van der Waals surface area contributed by atoms with Gasteiger partial charge in [-0.25, -0.2) is 18.1 Å². The van der Waals surface area contributed by atoms with Crippen molar-refractivity contribution in [2.24, 2.45) is 0 Å². The van der Waals surface area contributed by atoms with Crippen LogP contribution in [0.2, 0.25) is 0 Å². The third kappa shape index (κ3) is 3.73. The van der Waals surface area contributed by atoms with Crippen molar-refractivity contribution in [3.05, 3.63) is 64.7 Å². The van der Waals surface area contributed by atoms with Gasteiger partial charge in [-0.15, -0.1) is 0 Å². The van der Waals surface area contributed by atoms with Gasteiger partial charge in [-0.05, 0) is 36.8 Å². The number of amides is 2. The predicted molar refractivity (Wildman–Crippen MR) is 109 cm³/mol. The molecule has 0 aromatic heterocycles. The molecule has 0 saturated carbocycles. The zero-order chi connectivity index (χ0) is 22.1. The highest BCUT2D eigenvalue weighted by molar-refractivity contribution is 7.89. The second-order valence-corrected chi connectivity index (χ2v) is 8.62. The number of hydrogen-bond acceptors (Lipinski definition) is 6. The summed E-state index contributed by atoms with van der Waals surface area (Å²) in [6.45, 7) is 5.15. The standard InChI is InChI=1S/C21H22N2O6S/c1-4-22(5-2)30(27,28)18-12-15(11-10-14(18)3)21(26)29-13-23-19(24)16-8-6-7-9-17(16)20(23)25/h6-12H,4-5,13H2,1-3H3. The summed E-state index contributed by atoms with van der Waals surface area (Å²) in [5, 5.41) is 0. The third-order valence-corrected chi connectivity index (χ3v) is 7.14. The topological polar surface area (TPSA) is 101 Å². The van der Waals surface area contributed by atoms with E-state index in [0.29, 0.717) is 18.7 Å². The highest BCUT2D eigenvalue weighted by atomic mass is 32.2. The molecule has 0 radical (unpaired) electrons. The Hall–Kier alpha value is -3.04. The Bertz CT molecular complexity index is 1090. The summed E-state index contributed by atoms with van der Waals surface area (Å²) in [5.74, 6) is -1.92. The van der Waals surface area contributed by atoms with Gasteiger partial charge in [0.15, 0.2) is 6.73 Å². The number of esters is 1. The molecule has 3 rings (SSSR count). The van der Waals surface area contributed by atoms with E-state index in [0.717, 1.165) is 4.90 Å². The van der Waals surface area contributed by atoms with Gasteiger partial charge in [0.05, 0.1) is 21.6 Å². The Balaban J connectivity index is 1.79. The summed E-state index contributed by atoms with van der Waals surface area (Å²) in [6, 6.07) is 10.6. The Morgan fingerprint density at radius 3 is 2.10 bits per heavy atom. The van der Waals surface area contributed by atoms with Gasteiger partial charge < -0.3 is 4.74 Å². The molecule has 1 aliphatic rings. The first-order valence-corrected chi connectivity index (χ1v) is 10.9. The number of carbonyl (C=O) groups excluding carboxylic acids is 3. The van der Waals surface area contributed by atoms with E-state index in [-0.39, 0.29) is 21.6 Å². The monoisotopic (exact) mass is 430 g/mol. The zero-order valence-corrected chi connectivity index (χ0v) is 17.7. The van der Waals surface area contributed by atoms with Crippen LogP contribution < -0.4 is 0 Å². The first-order chi connectivity index (χ1) is 14.2. The summed E-state index contributed by atoms with van der Waals surface area (Å²) < 4.78 is 32.1. The van der Waals surface area contributed by atoms with Crippen LogP contribution in [0.15, 0.2) is 47.4 Å². The number of ether oxygens (including phenoxy) is 1. The molecule has 8 nitrogen and oxygen atoms in total. The van der Waals surface area contributed by atoms with Crippen molar-refractivity contribution in [1.29, 1.82) is 0 Å². The van der Waals surface area contributed by atoms with Crippen LogP contribution in [0.5, 0.6) is 0 Å². The Morgan fingerprint density at radius 2 is 1.57 bits per heavy atom. The van der Waals surface area contributed by atoms with Crippen LogP contribution >= 0.6 is 0 Å². The van der Waals surface area contributed by atoms with Gasteiger partial charge in [0, 0.05) is 13.1 Å². The maximum Gasteiger partial charge on any atom is 0.339 e. The highest BCUT2D eigenvalue weighted by Crippen LogP contribution is 2.24. The van der Waals surface area contributed by atoms with Gasteiger partial charge in [-0.1, -0.05) is 32.0 Å². The zero-order valence-electron chi connectivity index (χ0n) is 16.9. The normalized spacial score (nSPS) is 13.7. The molecule has 9 heteroatoms. The molecule has 0 aliphatic carbocycles. The van der Waals surface area contributed by atoms with Crippen LogP contribution in [0.4, 0.5) is 0 Å². The van der Waals surface area contributed by atoms with Gasteiger partial charge in [-0.2, -0.15) is 4.31 Å². The summed E-state index contributed by atoms with van der Waals surface area (Å²) in [5.41, 5.74) is 1.02. The molecule has 1 heterocycles. The molecule has 30 heavy (non-hydrogen) atoms. The largest absolute Gasteiger partial charge is 0.440 e. The molecular weight excluding hydrogens is 408 g/mol. The smallest absolute Gasteiger partial charge is 0.339 e. The second kappa shape index (κ2) is 8.37. The van der Waals surface area contributed by atoms with Gasteiger partial charge in [0.2, 0.25) is 10.0 Å². The van der Waals surface area contributed by atoms with Gasteiger partial charge in [0.25, 0.3) is 11.8 Å². The van der Waals surface area contributed by atoms with Crippen LogP contribution in [0, 0.1) is 6.92 Å². The van der Waals surface area contributed by atoms with Gasteiger partial charge in [-0.3, -0.25) is 9.59 Å². The molecule has 1 aliphatic heterocycles. The van der Waals surface area contributed by atoms with E-state index < -0.39 is 34.5 Å². The van der Waals surface area contributed by atoms with Crippen LogP contribution in [-0.4, -0.2) is 55.2 Å². The van der Waals surface area contributed by atoms with E-state index in [1.807, 2.05) is 0 Å². The molecule has 2 aromatic rings. The summed E-state index contributed by atoms with van der Waals surface area (Å²) in [4.78, 5) is 38.1.